The number of benzene rings is 1. The van der Waals surface area contributed by atoms with Crippen molar-refractivity contribution in [3.63, 3.8) is 0 Å². The fourth-order valence-corrected chi connectivity index (χ4v) is 3.24. The van der Waals surface area contributed by atoms with Gasteiger partial charge >= 0.3 is 0 Å². The maximum absolute atomic E-state index is 12.9. The lowest BCUT2D eigenvalue weighted by molar-refractivity contribution is -0.117. The van der Waals surface area contributed by atoms with Gasteiger partial charge < -0.3 is 5.32 Å². The van der Waals surface area contributed by atoms with Crippen LogP contribution in [0, 0.1) is 5.82 Å². The van der Waals surface area contributed by atoms with E-state index < -0.39 is 27.8 Å². The lowest BCUT2D eigenvalue weighted by atomic mass is 10.2. The van der Waals surface area contributed by atoms with Gasteiger partial charge in [0.2, 0.25) is 15.9 Å². The molecule has 0 fully saturated rings. The second-order valence-corrected chi connectivity index (χ2v) is 7.04. The van der Waals surface area contributed by atoms with Crippen molar-refractivity contribution in [1.82, 2.24) is 9.71 Å². The number of anilines is 1. The van der Waals surface area contributed by atoms with E-state index in [0.717, 1.165) is 24.3 Å². The lowest BCUT2D eigenvalue weighted by Gasteiger charge is -2.16. The van der Waals surface area contributed by atoms with Gasteiger partial charge in [-0.05, 0) is 42.8 Å². The maximum atomic E-state index is 12.9. The van der Waals surface area contributed by atoms with E-state index in [-0.39, 0.29) is 17.1 Å². The van der Waals surface area contributed by atoms with Gasteiger partial charge in [0.25, 0.3) is 0 Å². The summed E-state index contributed by atoms with van der Waals surface area (Å²) in [6, 6.07) is 6.37. The fraction of sp³-hybridized carbons (Fsp3) is 0.200. The van der Waals surface area contributed by atoms with Crippen LogP contribution >= 0.6 is 11.6 Å². The van der Waals surface area contributed by atoms with E-state index in [0.29, 0.717) is 5.02 Å². The minimum Gasteiger partial charge on any atom is -0.309 e. The van der Waals surface area contributed by atoms with Crippen LogP contribution in [-0.2, 0) is 14.8 Å². The number of hydrogen-bond acceptors (Lipinski definition) is 4. The van der Waals surface area contributed by atoms with Gasteiger partial charge in [0.15, 0.2) is 0 Å². The fourth-order valence-electron chi connectivity index (χ4n) is 1.85. The zero-order valence-electron chi connectivity index (χ0n) is 12.7. The molecule has 1 heterocycles. The molecule has 9 heteroatoms. The molecule has 0 aliphatic carbocycles. The molecule has 6 nitrogen and oxygen atoms in total. The number of aromatic nitrogens is 1. The first kappa shape index (κ1) is 18.3. The van der Waals surface area contributed by atoms with Crippen LogP contribution in [0.1, 0.15) is 13.3 Å². The first-order valence-corrected chi connectivity index (χ1v) is 8.88. The summed E-state index contributed by atoms with van der Waals surface area (Å²) in [5.41, 5.74) is 0. The van der Waals surface area contributed by atoms with Crippen molar-refractivity contribution < 1.29 is 17.6 Å². The van der Waals surface area contributed by atoms with Crippen LogP contribution < -0.4 is 10.0 Å². The second kappa shape index (κ2) is 7.69. The van der Waals surface area contributed by atoms with E-state index in [4.69, 9.17) is 11.6 Å². The molecule has 0 bridgehead atoms. The SMILES string of the molecule is CCC(NS(=O)(=O)c1ccc(F)cc1)C(=O)Nc1ccc(Cl)cn1. The maximum Gasteiger partial charge on any atom is 0.243 e. The number of carbonyl (C=O) groups is 1. The van der Waals surface area contributed by atoms with Crippen LogP contribution in [0.3, 0.4) is 0 Å². The number of nitrogens with one attached hydrogen (secondary N) is 2. The number of nitrogens with zero attached hydrogens (tertiary/aromatic N) is 1. The van der Waals surface area contributed by atoms with E-state index in [2.05, 4.69) is 15.0 Å². The Labute approximate surface area is 144 Å². The molecule has 0 aliphatic rings. The third-order valence-corrected chi connectivity index (χ3v) is 4.84. The lowest BCUT2D eigenvalue weighted by Crippen LogP contribution is -2.43. The summed E-state index contributed by atoms with van der Waals surface area (Å²) in [7, 11) is -3.95. The number of amides is 1. The summed E-state index contributed by atoms with van der Waals surface area (Å²) < 4.78 is 39.7. The average Bonchev–Trinajstić information content (AvgIpc) is 2.55. The van der Waals surface area contributed by atoms with Crippen molar-refractivity contribution in [2.75, 3.05) is 5.32 Å². The molecule has 2 aromatic rings. The smallest absolute Gasteiger partial charge is 0.243 e. The Hall–Kier alpha value is -2.03. The number of hydrogen-bond donors (Lipinski definition) is 2. The van der Waals surface area contributed by atoms with Gasteiger partial charge in [-0.3, -0.25) is 4.79 Å². The summed E-state index contributed by atoms with van der Waals surface area (Å²) in [6.45, 7) is 1.66. The van der Waals surface area contributed by atoms with Crippen LogP contribution in [0.2, 0.25) is 5.02 Å². The third kappa shape index (κ3) is 4.73. The first-order chi connectivity index (χ1) is 11.3. The first-order valence-electron chi connectivity index (χ1n) is 7.02. The number of rotatable bonds is 6. The molecule has 24 heavy (non-hydrogen) atoms. The largest absolute Gasteiger partial charge is 0.309 e. The molecule has 0 saturated heterocycles. The van der Waals surface area contributed by atoms with Crippen LogP contribution in [-0.4, -0.2) is 25.4 Å². The van der Waals surface area contributed by atoms with E-state index in [1.807, 2.05) is 0 Å². The molecule has 0 radical (unpaired) electrons. The molecule has 1 aromatic carbocycles. The molecule has 1 amide bonds. The van der Waals surface area contributed by atoms with Crippen LogP contribution in [0.4, 0.5) is 10.2 Å². The molecule has 0 saturated carbocycles. The summed E-state index contributed by atoms with van der Waals surface area (Å²) in [6.07, 6.45) is 1.58. The average molecular weight is 372 g/mol. The quantitative estimate of drug-likeness (QED) is 0.816. The summed E-state index contributed by atoms with van der Waals surface area (Å²) in [5, 5.41) is 2.92. The second-order valence-electron chi connectivity index (χ2n) is 4.89. The standard InChI is InChI=1S/C15H15ClFN3O3S/c1-2-13(15(21)19-14-8-3-10(16)9-18-14)20-24(22,23)12-6-4-11(17)5-7-12/h3-9,13,20H,2H2,1H3,(H,18,19,21). The zero-order valence-corrected chi connectivity index (χ0v) is 14.2. The van der Waals surface area contributed by atoms with E-state index in [1.54, 1.807) is 13.0 Å². The van der Waals surface area contributed by atoms with Crippen molar-refractivity contribution in [1.29, 1.82) is 0 Å². The highest BCUT2D eigenvalue weighted by molar-refractivity contribution is 7.89. The molecule has 0 aliphatic heterocycles. The molecule has 128 valence electrons. The molecule has 2 N–H and O–H groups in total. The Balaban J connectivity index is 2.11. The molecule has 2 rings (SSSR count). The van der Waals surface area contributed by atoms with E-state index >= 15 is 0 Å². The van der Waals surface area contributed by atoms with Crippen LogP contribution in [0.25, 0.3) is 0 Å². The highest BCUT2D eigenvalue weighted by Gasteiger charge is 2.24. The van der Waals surface area contributed by atoms with Gasteiger partial charge in [0, 0.05) is 6.20 Å². The predicted octanol–water partition coefficient (Wildman–Crippen LogP) is 2.57. The highest BCUT2D eigenvalue weighted by Crippen LogP contribution is 2.13. The Morgan fingerprint density at radius 2 is 1.92 bits per heavy atom. The van der Waals surface area contributed by atoms with Gasteiger partial charge in [-0.25, -0.2) is 17.8 Å². The molecule has 1 unspecified atom stereocenters. The Bertz CT molecular complexity index is 811. The van der Waals surface area contributed by atoms with Crippen LogP contribution in [0.15, 0.2) is 47.5 Å². The van der Waals surface area contributed by atoms with Gasteiger partial charge in [-0.15, -0.1) is 0 Å². The normalized spacial score (nSPS) is 12.6. The van der Waals surface area contributed by atoms with E-state index in [1.165, 1.54) is 12.3 Å². The van der Waals surface area contributed by atoms with E-state index in [9.17, 15) is 17.6 Å². The molecule has 1 atom stereocenters. The van der Waals surface area contributed by atoms with Crippen LogP contribution in [0.5, 0.6) is 0 Å². The Kier molecular flexibility index (Phi) is 5.87. The van der Waals surface area contributed by atoms with Crippen molar-refractivity contribution in [3.8, 4) is 0 Å². The Morgan fingerprint density at radius 1 is 1.25 bits per heavy atom. The summed E-state index contributed by atoms with van der Waals surface area (Å²) in [4.78, 5) is 16.0. The van der Waals surface area contributed by atoms with Crippen molar-refractivity contribution >= 4 is 33.3 Å². The minimum atomic E-state index is -3.95. The van der Waals surface area contributed by atoms with Gasteiger partial charge in [-0.1, -0.05) is 18.5 Å². The monoisotopic (exact) mass is 371 g/mol. The summed E-state index contributed by atoms with van der Waals surface area (Å²) >= 11 is 5.71. The van der Waals surface area contributed by atoms with Gasteiger partial charge in [0.05, 0.1) is 9.92 Å². The van der Waals surface area contributed by atoms with Crippen molar-refractivity contribution in [2.24, 2.45) is 0 Å². The molecular formula is C15H15ClFN3O3S. The van der Waals surface area contributed by atoms with Gasteiger partial charge in [-0.2, -0.15) is 4.72 Å². The number of carbonyl (C=O) groups excluding carboxylic acids is 1. The number of sulfonamides is 1. The highest BCUT2D eigenvalue weighted by atomic mass is 35.5. The predicted molar refractivity (Wildman–Crippen MR) is 88.7 cm³/mol. The molecule has 1 aromatic heterocycles. The third-order valence-electron chi connectivity index (χ3n) is 3.12. The number of halogens is 2. The molecular weight excluding hydrogens is 357 g/mol. The summed E-state index contributed by atoms with van der Waals surface area (Å²) in [5.74, 6) is -0.852. The number of pyridine rings is 1. The zero-order chi connectivity index (χ0) is 17.7. The van der Waals surface area contributed by atoms with Gasteiger partial charge in [0.1, 0.15) is 17.7 Å². The molecule has 0 spiro atoms. The Morgan fingerprint density at radius 3 is 2.46 bits per heavy atom. The minimum absolute atomic E-state index is 0.125. The van der Waals surface area contributed by atoms with Crippen molar-refractivity contribution in [3.05, 3.63) is 53.4 Å². The van der Waals surface area contributed by atoms with Crippen molar-refractivity contribution in [2.45, 2.75) is 24.3 Å². The topological polar surface area (TPSA) is 88.2 Å².